The van der Waals surface area contributed by atoms with Gasteiger partial charge in [0, 0.05) is 31.9 Å². The number of piperidine rings is 1. The fraction of sp³-hybridized carbons (Fsp3) is 0.632. The molecule has 1 aliphatic heterocycles. The maximum absolute atomic E-state index is 12.4. The molecule has 0 aromatic carbocycles. The van der Waals surface area contributed by atoms with Crippen LogP contribution in [0.2, 0.25) is 0 Å². The molecule has 7 nitrogen and oxygen atoms in total. The van der Waals surface area contributed by atoms with E-state index in [1.54, 1.807) is 17.9 Å². The largest absolute Gasteiger partial charge is 0.444 e. The third kappa shape index (κ3) is 5.25. The fourth-order valence-electron chi connectivity index (χ4n) is 2.94. The molecule has 26 heavy (non-hydrogen) atoms. The van der Waals surface area contributed by atoms with Crippen LogP contribution in [0.5, 0.6) is 0 Å². The molecule has 0 saturated carbocycles. The zero-order valence-corrected chi connectivity index (χ0v) is 16.0. The third-order valence-electron chi connectivity index (χ3n) is 4.31. The van der Waals surface area contributed by atoms with Gasteiger partial charge in [0.05, 0.1) is 12.0 Å². The number of aromatic nitrogens is 1. The van der Waals surface area contributed by atoms with Crippen molar-refractivity contribution in [3.63, 3.8) is 0 Å². The standard InChI is InChI=1S/C19H28N4O3/c1-14(12-20)13-21-17(24)16-6-5-9-23(16)15-7-10-22(11-8-15)18(25)26-19(2,3)4/h5-6,9,14-15H,7-8,10-11,13H2,1-4H3,(H,21,24). The summed E-state index contributed by atoms with van der Waals surface area (Å²) in [6.07, 6.45) is 3.15. The summed E-state index contributed by atoms with van der Waals surface area (Å²) < 4.78 is 7.39. The summed E-state index contributed by atoms with van der Waals surface area (Å²) in [7, 11) is 0. The van der Waals surface area contributed by atoms with Gasteiger partial charge in [-0.3, -0.25) is 4.79 Å². The van der Waals surface area contributed by atoms with Gasteiger partial charge in [-0.1, -0.05) is 0 Å². The summed E-state index contributed by atoms with van der Waals surface area (Å²) in [5.41, 5.74) is 0.0889. The molecular formula is C19H28N4O3. The Kier molecular flexibility index (Phi) is 6.30. The molecule has 142 valence electrons. The molecular weight excluding hydrogens is 332 g/mol. The van der Waals surface area contributed by atoms with Crippen molar-refractivity contribution in [1.29, 1.82) is 5.26 Å². The second kappa shape index (κ2) is 8.26. The highest BCUT2D eigenvalue weighted by molar-refractivity contribution is 5.92. The molecule has 2 heterocycles. The minimum Gasteiger partial charge on any atom is -0.444 e. The molecule has 0 spiro atoms. The summed E-state index contributed by atoms with van der Waals surface area (Å²) in [5, 5.41) is 11.6. The summed E-state index contributed by atoms with van der Waals surface area (Å²) in [5.74, 6) is -0.397. The number of amides is 2. The number of rotatable bonds is 4. The number of nitrogens with zero attached hydrogens (tertiary/aromatic N) is 3. The first kappa shape index (κ1) is 19.8. The van der Waals surface area contributed by atoms with E-state index in [0.717, 1.165) is 12.8 Å². The van der Waals surface area contributed by atoms with Crippen molar-refractivity contribution in [3.05, 3.63) is 24.0 Å². The minimum atomic E-state index is -0.500. The van der Waals surface area contributed by atoms with Gasteiger partial charge in [-0.15, -0.1) is 0 Å². The summed E-state index contributed by atoms with van der Waals surface area (Å²) in [6, 6.07) is 5.90. The normalized spacial score (nSPS) is 16.7. The molecule has 1 fully saturated rings. The van der Waals surface area contributed by atoms with E-state index in [4.69, 9.17) is 10.00 Å². The van der Waals surface area contributed by atoms with Crippen LogP contribution < -0.4 is 5.32 Å². The zero-order chi connectivity index (χ0) is 19.3. The molecule has 0 aliphatic carbocycles. The van der Waals surface area contributed by atoms with Crippen LogP contribution in [-0.2, 0) is 4.74 Å². The summed E-state index contributed by atoms with van der Waals surface area (Å²) >= 11 is 0. The number of carbonyl (C=O) groups excluding carboxylic acids is 2. The maximum atomic E-state index is 12.4. The predicted octanol–water partition coefficient (Wildman–Crippen LogP) is 2.95. The molecule has 1 unspecified atom stereocenters. The predicted molar refractivity (Wildman–Crippen MR) is 97.6 cm³/mol. The SMILES string of the molecule is CC(C#N)CNC(=O)c1cccn1C1CCN(C(=O)OC(C)(C)C)CC1. The molecule has 1 aromatic heterocycles. The first-order valence-electron chi connectivity index (χ1n) is 9.04. The van der Waals surface area contributed by atoms with Crippen LogP contribution in [0, 0.1) is 17.2 Å². The lowest BCUT2D eigenvalue weighted by Gasteiger charge is -2.34. The molecule has 1 aliphatic rings. The van der Waals surface area contributed by atoms with Gasteiger partial charge < -0.3 is 19.5 Å². The van der Waals surface area contributed by atoms with E-state index in [1.807, 2.05) is 37.6 Å². The van der Waals surface area contributed by atoms with Crippen LogP contribution >= 0.6 is 0 Å². The van der Waals surface area contributed by atoms with E-state index >= 15 is 0 Å². The average Bonchev–Trinajstić information content (AvgIpc) is 3.07. The lowest BCUT2D eigenvalue weighted by molar-refractivity contribution is 0.0187. The lowest BCUT2D eigenvalue weighted by Crippen LogP contribution is -2.42. The van der Waals surface area contributed by atoms with E-state index in [9.17, 15) is 9.59 Å². The highest BCUT2D eigenvalue weighted by Gasteiger charge is 2.28. The molecule has 0 radical (unpaired) electrons. The minimum absolute atomic E-state index is 0.165. The van der Waals surface area contributed by atoms with E-state index in [1.165, 1.54) is 0 Å². The Morgan fingerprint density at radius 1 is 1.38 bits per heavy atom. The summed E-state index contributed by atoms with van der Waals surface area (Å²) in [4.78, 5) is 26.3. The van der Waals surface area contributed by atoms with Gasteiger partial charge in [0.25, 0.3) is 5.91 Å². The van der Waals surface area contributed by atoms with Crippen molar-refractivity contribution in [2.45, 2.75) is 52.2 Å². The Morgan fingerprint density at radius 3 is 2.62 bits per heavy atom. The van der Waals surface area contributed by atoms with Crippen molar-refractivity contribution in [1.82, 2.24) is 14.8 Å². The second-order valence-electron chi connectivity index (χ2n) is 7.74. The number of hydrogen-bond acceptors (Lipinski definition) is 4. The van der Waals surface area contributed by atoms with Crippen molar-refractivity contribution in [2.75, 3.05) is 19.6 Å². The van der Waals surface area contributed by atoms with Crippen molar-refractivity contribution >= 4 is 12.0 Å². The van der Waals surface area contributed by atoms with Gasteiger partial charge in [-0.25, -0.2) is 4.79 Å². The van der Waals surface area contributed by atoms with E-state index in [0.29, 0.717) is 25.3 Å². The molecule has 1 atom stereocenters. The highest BCUT2D eigenvalue weighted by atomic mass is 16.6. The topological polar surface area (TPSA) is 87.4 Å². The highest BCUT2D eigenvalue weighted by Crippen LogP contribution is 2.25. The second-order valence-corrected chi connectivity index (χ2v) is 7.74. The van der Waals surface area contributed by atoms with Crippen molar-refractivity contribution < 1.29 is 14.3 Å². The van der Waals surface area contributed by atoms with Gasteiger partial charge in [0.2, 0.25) is 0 Å². The molecule has 7 heteroatoms. The van der Waals surface area contributed by atoms with Gasteiger partial charge >= 0.3 is 6.09 Å². The van der Waals surface area contributed by atoms with Crippen molar-refractivity contribution in [2.24, 2.45) is 5.92 Å². The van der Waals surface area contributed by atoms with Gasteiger partial charge in [0.1, 0.15) is 11.3 Å². The van der Waals surface area contributed by atoms with Crippen molar-refractivity contribution in [3.8, 4) is 6.07 Å². The van der Waals surface area contributed by atoms with Gasteiger partial charge in [0.15, 0.2) is 0 Å². The van der Waals surface area contributed by atoms with E-state index < -0.39 is 5.60 Å². The number of carbonyl (C=O) groups is 2. The van der Waals surface area contributed by atoms with E-state index in [2.05, 4.69) is 11.4 Å². The summed E-state index contributed by atoms with van der Waals surface area (Å²) in [6.45, 7) is 8.87. The molecule has 1 aromatic rings. The number of hydrogen-bond donors (Lipinski definition) is 1. The van der Waals surface area contributed by atoms with Gasteiger partial charge in [-0.05, 0) is 52.7 Å². The maximum Gasteiger partial charge on any atom is 0.410 e. The van der Waals surface area contributed by atoms with Crippen LogP contribution in [0.25, 0.3) is 0 Å². The molecule has 2 rings (SSSR count). The number of nitrogens with one attached hydrogen (secondary N) is 1. The number of ether oxygens (including phenoxy) is 1. The Labute approximate surface area is 154 Å². The van der Waals surface area contributed by atoms with Crippen LogP contribution in [0.3, 0.4) is 0 Å². The Bertz CT molecular complexity index is 676. The fourth-order valence-corrected chi connectivity index (χ4v) is 2.94. The van der Waals surface area contributed by atoms with Crippen LogP contribution in [0.15, 0.2) is 18.3 Å². The molecule has 0 bridgehead atoms. The van der Waals surface area contributed by atoms with Crippen LogP contribution in [0.1, 0.15) is 57.1 Å². The Morgan fingerprint density at radius 2 is 2.04 bits per heavy atom. The van der Waals surface area contributed by atoms with Gasteiger partial charge in [-0.2, -0.15) is 5.26 Å². The Hall–Kier alpha value is -2.49. The number of nitriles is 1. The monoisotopic (exact) mass is 360 g/mol. The van der Waals surface area contributed by atoms with E-state index in [-0.39, 0.29) is 24.0 Å². The molecule has 1 saturated heterocycles. The lowest BCUT2D eigenvalue weighted by atomic mass is 10.0. The number of likely N-dealkylation sites (tertiary alicyclic amines) is 1. The quantitative estimate of drug-likeness (QED) is 0.894. The molecule has 1 N–H and O–H groups in total. The zero-order valence-electron chi connectivity index (χ0n) is 16.0. The third-order valence-corrected chi connectivity index (χ3v) is 4.31. The first-order chi connectivity index (χ1) is 12.2. The van der Waals surface area contributed by atoms with Crippen LogP contribution in [0.4, 0.5) is 4.79 Å². The van der Waals surface area contributed by atoms with Crippen LogP contribution in [-0.4, -0.2) is 46.7 Å². The smallest absolute Gasteiger partial charge is 0.410 e. The first-order valence-corrected chi connectivity index (χ1v) is 9.04. The molecule has 2 amide bonds. The average molecular weight is 360 g/mol. The Balaban J connectivity index is 1.94.